The van der Waals surface area contributed by atoms with Gasteiger partial charge in [0.15, 0.2) is 10.9 Å². The van der Waals surface area contributed by atoms with Crippen LogP contribution in [-0.2, 0) is 0 Å². The smallest absolute Gasteiger partial charge is 0.257 e. The summed E-state index contributed by atoms with van der Waals surface area (Å²) in [7, 11) is 0. The molecule has 140 valence electrons. The molecule has 0 radical (unpaired) electrons. The van der Waals surface area contributed by atoms with Gasteiger partial charge in [-0.15, -0.1) is 10.2 Å². The summed E-state index contributed by atoms with van der Waals surface area (Å²) < 4.78 is 1.72. The number of aromatic nitrogens is 4. The van der Waals surface area contributed by atoms with E-state index in [1.54, 1.807) is 10.6 Å². The van der Waals surface area contributed by atoms with Crippen molar-refractivity contribution in [2.45, 2.75) is 13.8 Å². The Morgan fingerprint density at radius 2 is 1.89 bits per heavy atom. The number of hydrogen-bond acceptors (Lipinski definition) is 6. The Kier molecular flexibility index (Phi) is 4.84. The molecule has 2 aromatic carbocycles. The first kappa shape index (κ1) is 18.2. The number of benzene rings is 2. The standard InChI is InChI=1S/C19H16N6OS2/c1-11-4-3-5-14(10-11)16(26)21-18(27)20-15-8-6-13(7-9-15)17-24-25-12(2)22-23-19(25)28-17/h3-10H,1-2H3,(H2,20,21,26,27). The van der Waals surface area contributed by atoms with E-state index in [-0.39, 0.29) is 11.0 Å². The summed E-state index contributed by atoms with van der Waals surface area (Å²) in [4.78, 5) is 13.0. The minimum absolute atomic E-state index is 0.243. The van der Waals surface area contributed by atoms with Crippen LogP contribution in [0.2, 0.25) is 0 Å². The van der Waals surface area contributed by atoms with Crippen molar-refractivity contribution in [3.63, 3.8) is 0 Å². The van der Waals surface area contributed by atoms with Gasteiger partial charge in [-0.3, -0.25) is 10.1 Å². The van der Waals surface area contributed by atoms with Crippen LogP contribution in [0.15, 0.2) is 48.5 Å². The molecule has 28 heavy (non-hydrogen) atoms. The molecular formula is C19H16N6OS2. The molecule has 4 rings (SSSR count). The van der Waals surface area contributed by atoms with Crippen molar-refractivity contribution >= 4 is 45.2 Å². The second-order valence-corrected chi connectivity index (χ2v) is 7.57. The van der Waals surface area contributed by atoms with E-state index in [1.807, 2.05) is 56.3 Å². The van der Waals surface area contributed by atoms with Gasteiger partial charge in [0.1, 0.15) is 5.01 Å². The van der Waals surface area contributed by atoms with E-state index in [4.69, 9.17) is 12.2 Å². The molecule has 2 heterocycles. The number of anilines is 1. The fourth-order valence-corrected chi connectivity index (χ4v) is 3.75. The molecule has 0 aliphatic heterocycles. The third-order valence-corrected chi connectivity index (χ3v) is 5.20. The number of rotatable bonds is 3. The number of carbonyl (C=O) groups excluding carboxylic acids is 1. The Labute approximate surface area is 170 Å². The van der Waals surface area contributed by atoms with Gasteiger partial charge in [-0.25, -0.2) is 0 Å². The summed E-state index contributed by atoms with van der Waals surface area (Å²) in [6.45, 7) is 3.80. The van der Waals surface area contributed by atoms with Gasteiger partial charge in [0.25, 0.3) is 5.91 Å². The van der Waals surface area contributed by atoms with E-state index < -0.39 is 0 Å². The van der Waals surface area contributed by atoms with Crippen molar-refractivity contribution in [3.05, 3.63) is 65.5 Å². The second-order valence-electron chi connectivity index (χ2n) is 6.20. The fourth-order valence-electron chi connectivity index (χ4n) is 2.65. The molecule has 0 saturated carbocycles. The zero-order valence-electron chi connectivity index (χ0n) is 15.1. The Balaban J connectivity index is 1.42. The summed E-state index contributed by atoms with van der Waals surface area (Å²) in [6.07, 6.45) is 0. The summed E-state index contributed by atoms with van der Waals surface area (Å²) in [5.41, 5.74) is 3.33. The number of hydrogen-bond donors (Lipinski definition) is 2. The third kappa shape index (κ3) is 3.75. The molecule has 0 unspecified atom stereocenters. The molecular weight excluding hydrogens is 392 g/mol. The number of nitrogens with one attached hydrogen (secondary N) is 2. The average molecular weight is 409 g/mol. The maximum absolute atomic E-state index is 12.3. The summed E-state index contributed by atoms with van der Waals surface area (Å²) in [6, 6.07) is 15.0. The number of carbonyl (C=O) groups is 1. The zero-order valence-corrected chi connectivity index (χ0v) is 16.8. The molecule has 9 heteroatoms. The number of nitrogens with zero attached hydrogens (tertiary/aromatic N) is 4. The lowest BCUT2D eigenvalue weighted by molar-refractivity contribution is 0.0977. The lowest BCUT2D eigenvalue weighted by Gasteiger charge is -2.10. The Morgan fingerprint density at radius 3 is 2.61 bits per heavy atom. The van der Waals surface area contributed by atoms with Crippen molar-refractivity contribution in [1.82, 2.24) is 25.1 Å². The highest BCUT2D eigenvalue weighted by Gasteiger charge is 2.11. The summed E-state index contributed by atoms with van der Waals surface area (Å²) in [5, 5.41) is 19.4. The SMILES string of the molecule is Cc1cccc(C(=O)NC(=S)Nc2ccc(-c3nn4c(C)nnc4s3)cc2)c1. The van der Waals surface area contributed by atoms with Crippen LogP contribution in [-0.4, -0.2) is 30.8 Å². The van der Waals surface area contributed by atoms with Crippen LogP contribution >= 0.6 is 23.6 Å². The Hall–Kier alpha value is -3.17. The van der Waals surface area contributed by atoms with Gasteiger partial charge in [0, 0.05) is 16.8 Å². The molecule has 0 aliphatic carbocycles. The van der Waals surface area contributed by atoms with Crippen LogP contribution in [0.3, 0.4) is 0 Å². The number of aryl methyl sites for hydroxylation is 2. The molecule has 1 amide bonds. The van der Waals surface area contributed by atoms with Gasteiger partial charge < -0.3 is 5.32 Å². The number of thiocarbonyl (C=S) groups is 1. The largest absolute Gasteiger partial charge is 0.332 e. The lowest BCUT2D eigenvalue weighted by atomic mass is 10.1. The Bertz CT molecular complexity index is 1180. The summed E-state index contributed by atoms with van der Waals surface area (Å²) in [5.74, 6) is 0.512. The second kappa shape index (κ2) is 7.45. The van der Waals surface area contributed by atoms with Crippen LogP contribution in [0, 0.1) is 13.8 Å². The molecule has 7 nitrogen and oxygen atoms in total. The van der Waals surface area contributed by atoms with Crippen molar-refractivity contribution in [3.8, 4) is 10.6 Å². The van der Waals surface area contributed by atoms with Crippen LogP contribution in [0.5, 0.6) is 0 Å². The van der Waals surface area contributed by atoms with Gasteiger partial charge in [0.2, 0.25) is 4.96 Å². The number of fused-ring (bicyclic) bond motifs is 1. The first-order valence-electron chi connectivity index (χ1n) is 8.48. The predicted octanol–water partition coefficient (Wildman–Crippen LogP) is 3.60. The van der Waals surface area contributed by atoms with Crippen molar-refractivity contribution in [1.29, 1.82) is 0 Å². The third-order valence-electron chi connectivity index (χ3n) is 4.04. The molecule has 0 atom stereocenters. The molecule has 2 N–H and O–H groups in total. The van der Waals surface area contributed by atoms with Gasteiger partial charge in [-0.1, -0.05) is 29.0 Å². The van der Waals surface area contributed by atoms with Crippen molar-refractivity contribution in [2.24, 2.45) is 0 Å². The van der Waals surface area contributed by atoms with Crippen molar-refractivity contribution < 1.29 is 4.79 Å². The predicted molar refractivity (Wildman–Crippen MR) is 114 cm³/mol. The minimum Gasteiger partial charge on any atom is -0.332 e. The van der Waals surface area contributed by atoms with Gasteiger partial charge in [-0.2, -0.15) is 9.61 Å². The quantitative estimate of drug-likeness (QED) is 0.504. The molecule has 0 bridgehead atoms. The van der Waals surface area contributed by atoms with E-state index in [0.29, 0.717) is 5.56 Å². The van der Waals surface area contributed by atoms with Crippen molar-refractivity contribution in [2.75, 3.05) is 5.32 Å². The molecule has 4 aromatic rings. The van der Waals surface area contributed by atoms with Crippen LogP contribution in [0.4, 0.5) is 5.69 Å². The molecule has 0 aliphatic rings. The first-order valence-corrected chi connectivity index (χ1v) is 9.70. The highest BCUT2D eigenvalue weighted by molar-refractivity contribution is 7.80. The average Bonchev–Trinajstić information content (AvgIpc) is 3.24. The van der Waals surface area contributed by atoms with Crippen LogP contribution < -0.4 is 10.6 Å². The number of amides is 1. The maximum atomic E-state index is 12.3. The van der Waals surface area contributed by atoms with E-state index in [9.17, 15) is 4.79 Å². The molecule has 0 spiro atoms. The van der Waals surface area contributed by atoms with Crippen LogP contribution in [0.1, 0.15) is 21.7 Å². The highest BCUT2D eigenvalue weighted by atomic mass is 32.1. The zero-order chi connectivity index (χ0) is 19.7. The molecule has 0 saturated heterocycles. The van der Waals surface area contributed by atoms with E-state index in [0.717, 1.165) is 32.6 Å². The van der Waals surface area contributed by atoms with Gasteiger partial charge >= 0.3 is 0 Å². The first-order chi connectivity index (χ1) is 13.5. The normalized spacial score (nSPS) is 10.8. The van der Waals surface area contributed by atoms with Gasteiger partial charge in [-0.05, 0) is 62.5 Å². The van der Waals surface area contributed by atoms with E-state index >= 15 is 0 Å². The van der Waals surface area contributed by atoms with Gasteiger partial charge in [0.05, 0.1) is 0 Å². The monoisotopic (exact) mass is 408 g/mol. The highest BCUT2D eigenvalue weighted by Crippen LogP contribution is 2.26. The van der Waals surface area contributed by atoms with Crippen LogP contribution in [0.25, 0.3) is 15.5 Å². The lowest BCUT2D eigenvalue weighted by Crippen LogP contribution is -2.34. The topological polar surface area (TPSA) is 84.2 Å². The fraction of sp³-hybridized carbons (Fsp3) is 0.105. The maximum Gasteiger partial charge on any atom is 0.257 e. The molecule has 2 aromatic heterocycles. The van der Waals surface area contributed by atoms with E-state index in [1.165, 1.54) is 11.3 Å². The summed E-state index contributed by atoms with van der Waals surface area (Å²) >= 11 is 6.72. The van der Waals surface area contributed by atoms with E-state index in [2.05, 4.69) is 25.9 Å². The molecule has 0 fully saturated rings. The Morgan fingerprint density at radius 1 is 1.11 bits per heavy atom. The minimum atomic E-state index is -0.243.